The van der Waals surface area contributed by atoms with Gasteiger partial charge in [0.25, 0.3) is 5.91 Å². The number of sulfone groups is 1. The number of nitrogens with zero attached hydrogens (tertiary/aromatic N) is 4. The fourth-order valence-electron chi connectivity index (χ4n) is 3.23. The van der Waals surface area contributed by atoms with E-state index in [0.717, 1.165) is 19.3 Å². The van der Waals surface area contributed by atoms with Crippen molar-refractivity contribution in [1.82, 2.24) is 9.88 Å². The van der Waals surface area contributed by atoms with E-state index in [1.165, 1.54) is 17.4 Å². The fraction of sp³-hybridized carbons (Fsp3) is 0.318. The zero-order valence-electron chi connectivity index (χ0n) is 17.7. The van der Waals surface area contributed by atoms with Crippen LogP contribution in [0.15, 0.2) is 47.4 Å². The van der Waals surface area contributed by atoms with E-state index in [4.69, 9.17) is 5.26 Å². The van der Waals surface area contributed by atoms with Gasteiger partial charge in [-0.2, -0.15) is 5.26 Å². The zero-order chi connectivity index (χ0) is 22.6. The normalized spacial score (nSPS) is 11.6. The van der Waals surface area contributed by atoms with Crippen LogP contribution in [-0.4, -0.2) is 56.6 Å². The highest BCUT2D eigenvalue weighted by molar-refractivity contribution is 7.91. The topological polar surface area (TPSA) is 94.4 Å². The lowest BCUT2D eigenvalue weighted by Crippen LogP contribution is -2.38. The summed E-state index contributed by atoms with van der Waals surface area (Å²) in [5.41, 5.74) is 1.30. The van der Waals surface area contributed by atoms with E-state index in [1.54, 1.807) is 41.3 Å². The molecule has 1 heterocycles. The lowest BCUT2D eigenvalue weighted by molar-refractivity contribution is 0.0983. The van der Waals surface area contributed by atoms with Crippen LogP contribution in [0.5, 0.6) is 0 Å². The van der Waals surface area contributed by atoms with Crippen LogP contribution in [0.3, 0.4) is 0 Å². The van der Waals surface area contributed by atoms with Crippen LogP contribution in [0.25, 0.3) is 10.2 Å². The predicted molar refractivity (Wildman–Crippen MR) is 123 cm³/mol. The average molecular weight is 457 g/mol. The van der Waals surface area contributed by atoms with Crippen LogP contribution in [-0.2, 0) is 9.84 Å². The zero-order valence-corrected chi connectivity index (χ0v) is 19.3. The van der Waals surface area contributed by atoms with Crippen molar-refractivity contribution in [2.75, 3.05) is 37.3 Å². The Kier molecular flexibility index (Phi) is 7.05. The molecular weight excluding hydrogens is 432 g/mol. The minimum atomic E-state index is -3.45. The second-order valence-corrected chi connectivity index (χ2v) is 10.0. The van der Waals surface area contributed by atoms with Crippen molar-refractivity contribution >= 4 is 42.4 Å². The molecule has 1 amide bonds. The first-order valence-corrected chi connectivity index (χ1v) is 12.6. The van der Waals surface area contributed by atoms with Crippen molar-refractivity contribution in [2.24, 2.45) is 0 Å². The van der Waals surface area contributed by atoms with Gasteiger partial charge in [-0.15, -0.1) is 0 Å². The lowest BCUT2D eigenvalue weighted by atomic mass is 10.1. The molecule has 0 saturated heterocycles. The third kappa shape index (κ3) is 5.10. The average Bonchev–Trinajstić information content (AvgIpc) is 3.19. The number of thiazole rings is 1. The number of amides is 1. The number of likely N-dealkylation sites (N-methyl/N-ethyl adjacent to an activating group) is 1. The van der Waals surface area contributed by atoms with Gasteiger partial charge in [0.05, 0.1) is 21.2 Å². The first-order chi connectivity index (χ1) is 14.8. The van der Waals surface area contributed by atoms with Gasteiger partial charge in [0.2, 0.25) is 0 Å². The van der Waals surface area contributed by atoms with E-state index >= 15 is 0 Å². The summed E-state index contributed by atoms with van der Waals surface area (Å²) in [6, 6.07) is 13.5. The molecule has 3 rings (SSSR count). The second-order valence-electron chi connectivity index (χ2n) is 7.04. The van der Waals surface area contributed by atoms with E-state index in [2.05, 4.69) is 23.7 Å². The Bertz CT molecular complexity index is 1220. The highest BCUT2D eigenvalue weighted by Crippen LogP contribution is 2.33. The Labute approximate surface area is 186 Å². The van der Waals surface area contributed by atoms with Gasteiger partial charge in [-0.3, -0.25) is 9.69 Å². The third-order valence-electron chi connectivity index (χ3n) is 5.04. The van der Waals surface area contributed by atoms with Crippen LogP contribution in [0.4, 0.5) is 5.13 Å². The quantitative estimate of drug-likeness (QED) is 0.514. The number of carbonyl (C=O) groups excluding carboxylic acids is 1. The first-order valence-electron chi connectivity index (χ1n) is 9.92. The van der Waals surface area contributed by atoms with Gasteiger partial charge in [0.15, 0.2) is 15.0 Å². The number of carbonyl (C=O) groups is 1. The Balaban J connectivity index is 2.05. The van der Waals surface area contributed by atoms with Crippen molar-refractivity contribution in [2.45, 2.75) is 18.7 Å². The van der Waals surface area contributed by atoms with E-state index in [-0.39, 0.29) is 10.8 Å². The summed E-state index contributed by atoms with van der Waals surface area (Å²) in [6.07, 6.45) is 1.15. The van der Waals surface area contributed by atoms with Gasteiger partial charge in [-0.25, -0.2) is 13.4 Å². The number of rotatable bonds is 8. The van der Waals surface area contributed by atoms with E-state index in [9.17, 15) is 13.2 Å². The number of hydrogen-bond donors (Lipinski definition) is 0. The van der Waals surface area contributed by atoms with Crippen molar-refractivity contribution in [3.63, 3.8) is 0 Å². The molecule has 0 radical (unpaired) electrons. The predicted octanol–water partition coefficient (Wildman–Crippen LogP) is 3.56. The van der Waals surface area contributed by atoms with E-state index in [0.29, 0.717) is 39.6 Å². The summed E-state index contributed by atoms with van der Waals surface area (Å²) in [5.74, 6) is -0.239. The van der Waals surface area contributed by atoms with Gasteiger partial charge >= 0.3 is 0 Å². The Morgan fingerprint density at radius 1 is 1.10 bits per heavy atom. The number of para-hydroxylation sites is 1. The van der Waals surface area contributed by atoms with Crippen LogP contribution >= 0.6 is 11.3 Å². The molecule has 0 spiro atoms. The molecule has 162 valence electrons. The van der Waals surface area contributed by atoms with Gasteiger partial charge in [0.1, 0.15) is 5.52 Å². The molecule has 0 fully saturated rings. The van der Waals surface area contributed by atoms with Gasteiger partial charge in [-0.1, -0.05) is 31.3 Å². The van der Waals surface area contributed by atoms with Crippen LogP contribution in [0.2, 0.25) is 0 Å². The molecule has 1 aromatic heterocycles. The highest BCUT2D eigenvalue weighted by atomic mass is 32.2. The minimum Gasteiger partial charge on any atom is -0.302 e. The standard InChI is InChI=1S/C22H24N4O3S2/c1-4-25(5-2)13-14-26(21(27)17-11-9-16(15-23)10-12-17)22-24-20-18(30-22)7-6-8-19(20)31(3,28)29/h6-12H,4-5,13-14H2,1-3H3. The largest absolute Gasteiger partial charge is 0.302 e. The maximum absolute atomic E-state index is 13.4. The molecule has 0 aliphatic heterocycles. The number of anilines is 1. The van der Waals surface area contributed by atoms with Gasteiger partial charge in [-0.05, 0) is 49.5 Å². The van der Waals surface area contributed by atoms with Crippen molar-refractivity contribution < 1.29 is 13.2 Å². The van der Waals surface area contributed by atoms with Crippen molar-refractivity contribution in [1.29, 1.82) is 5.26 Å². The molecule has 31 heavy (non-hydrogen) atoms. The molecule has 3 aromatic rings. The molecule has 0 aliphatic carbocycles. The summed E-state index contributed by atoms with van der Waals surface area (Å²) in [4.78, 5) is 21.9. The van der Waals surface area contributed by atoms with E-state index in [1.807, 2.05) is 6.07 Å². The number of aromatic nitrogens is 1. The molecule has 0 aliphatic rings. The molecule has 7 nitrogen and oxygen atoms in total. The Morgan fingerprint density at radius 3 is 2.35 bits per heavy atom. The van der Waals surface area contributed by atoms with Crippen LogP contribution in [0, 0.1) is 11.3 Å². The molecule has 2 aromatic carbocycles. The maximum atomic E-state index is 13.4. The molecule has 0 saturated carbocycles. The maximum Gasteiger partial charge on any atom is 0.260 e. The highest BCUT2D eigenvalue weighted by Gasteiger charge is 2.24. The number of nitriles is 1. The third-order valence-corrected chi connectivity index (χ3v) is 7.21. The Hall–Kier alpha value is -2.80. The molecule has 0 atom stereocenters. The summed E-state index contributed by atoms with van der Waals surface area (Å²) in [7, 11) is -3.45. The van der Waals surface area contributed by atoms with Crippen LogP contribution < -0.4 is 4.90 Å². The van der Waals surface area contributed by atoms with Crippen molar-refractivity contribution in [3.8, 4) is 6.07 Å². The summed E-state index contributed by atoms with van der Waals surface area (Å²) in [5, 5.41) is 9.47. The minimum absolute atomic E-state index is 0.155. The number of benzene rings is 2. The lowest BCUT2D eigenvalue weighted by Gasteiger charge is -2.24. The molecule has 0 bridgehead atoms. The summed E-state index contributed by atoms with van der Waals surface area (Å²) < 4.78 is 25.1. The van der Waals surface area contributed by atoms with Crippen LogP contribution in [0.1, 0.15) is 29.8 Å². The Morgan fingerprint density at radius 2 is 1.77 bits per heavy atom. The van der Waals surface area contributed by atoms with E-state index < -0.39 is 9.84 Å². The monoisotopic (exact) mass is 456 g/mol. The van der Waals surface area contributed by atoms with Crippen molar-refractivity contribution in [3.05, 3.63) is 53.6 Å². The fourth-order valence-corrected chi connectivity index (χ4v) is 5.15. The summed E-state index contributed by atoms with van der Waals surface area (Å²) in [6.45, 7) is 6.90. The number of fused-ring (bicyclic) bond motifs is 1. The second kappa shape index (κ2) is 9.56. The first kappa shape index (κ1) is 22.9. The molecular formula is C22H24N4O3S2. The van der Waals surface area contributed by atoms with Gasteiger partial charge < -0.3 is 4.90 Å². The smallest absolute Gasteiger partial charge is 0.260 e. The molecule has 0 N–H and O–H groups in total. The van der Waals surface area contributed by atoms with Gasteiger partial charge in [0, 0.05) is 24.9 Å². The summed E-state index contributed by atoms with van der Waals surface area (Å²) >= 11 is 1.29. The number of hydrogen-bond acceptors (Lipinski definition) is 7. The molecule has 0 unspecified atom stereocenters. The SMILES string of the molecule is CCN(CC)CCN(C(=O)c1ccc(C#N)cc1)c1nc2c(S(C)(=O)=O)cccc2s1. The molecule has 9 heteroatoms.